The fraction of sp³-hybridized carbons (Fsp3) is 0.385. The number of carbonyl (C=O) groups is 4. The van der Waals surface area contributed by atoms with E-state index in [1.807, 2.05) is 0 Å². The Kier molecular flexibility index (Phi) is 6.46. The van der Waals surface area contributed by atoms with Gasteiger partial charge < -0.3 is 25.5 Å². The highest BCUT2D eigenvalue weighted by Gasteiger charge is 2.43. The molecule has 0 saturated carbocycles. The minimum Gasteiger partial charge on any atom is -0.439 e. The molecule has 0 radical (unpaired) electrons. The first kappa shape index (κ1) is 19.6. The number of amides is 3. The Bertz CT molecular complexity index is 766. The summed E-state index contributed by atoms with van der Waals surface area (Å²) in [7, 11) is 1.23. The van der Waals surface area contributed by atoms with E-state index in [4.69, 9.17) is 16.3 Å². The molecule has 2 heterocycles. The van der Waals surface area contributed by atoms with Crippen LogP contribution in [0.25, 0.3) is 0 Å². The topological polar surface area (TPSA) is 148 Å². The highest BCUT2D eigenvalue weighted by Crippen LogP contribution is 2.17. The molecule has 1 fully saturated rings. The Morgan fingerprint density at radius 2 is 2.19 bits per heavy atom. The van der Waals surface area contributed by atoms with Crippen molar-refractivity contribution in [2.75, 3.05) is 18.3 Å². The molecule has 1 aliphatic heterocycles. The minimum absolute atomic E-state index is 0.114. The number of ether oxygens (including phenoxy) is 1. The van der Waals surface area contributed by atoms with Gasteiger partial charge in [0.2, 0.25) is 12.1 Å². The molecule has 1 aliphatic rings. The number of oxime groups is 1. The van der Waals surface area contributed by atoms with Gasteiger partial charge in [0, 0.05) is 12.3 Å². The lowest BCUT2D eigenvalue weighted by atomic mass is 10.1. The zero-order valence-corrected chi connectivity index (χ0v) is 15.1. The first-order valence-corrected chi connectivity index (χ1v) is 8.48. The lowest BCUT2D eigenvalue weighted by Crippen LogP contribution is -2.70. The fourth-order valence-electron chi connectivity index (χ4n) is 1.87. The van der Waals surface area contributed by atoms with E-state index >= 15 is 0 Å². The van der Waals surface area contributed by atoms with Crippen molar-refractivity contribution < 1.29 is 28.8 Å². The lowest BCUT2D eigenvalue weighted by molar-refractivity contribution is -0.163. The van der Waals surface area contributed by atoms with E-state index in [-0.39, 0.29) is 22.4 Å². The smallest absolute Gasteiger partial charge is 0.304 e. The van der Waals surface area contributed by atoms with E-state index in [1.165, 1.54) is 19.4 Å². The van der Waals surface area contributed by atoms with Gasteiger partial charge in [0.15, 0.2) is 16.9 Å². The van der Waals surface area contributed by atoms with Crippen LogP contribution in [0.5, 0.6) is 0 Å². The molecule has 0 bridgehead atoms. The van der Waals surface area contributed by atoms with Gasteiger partial charge >= 0.3 is 5.97 Å². The summed E-state index contributed by atoms with van der Waals surface area (Å²) in [5.41, 5.74) is -0.112. The maximum atomic E-state index is 12.4. The summed E-state index contributed by atoms with van der Waals surface area (Å²) in [5.74, 6) is -2.61. The standard InChI is InChI=1S/C13H14ClN5O6S/c1-5(20)25-12-9(11(23)18-12)17-10(22)8(19-24-2)6-4-26-13(15-6)16-7(21)3-14/h4,9,12H,3H2,1-2H3,(H,17,22)(H,18,23)(H,15,16,21)/b19-8-/t9-,12-/m1/s1. The number of β-lactam (4-membered cyclic amide) rings is 1. The van der Waals surface area contributed by atoms with Crippen LogP contribution in [-0.4, -0.2) is 59.6 Å². The Hall–Kier alpha value is -2.73. The van der Waals surface area contributed by atoms with Crippen LogP contribution in [-0.2, 0) is 28.8 Å². The van der Waals surface area contributed by atoms with Crippen LogP contribution in [0.1, 0.15) is 12.6 Å². The molecule has 140 valence electrons. The number of nitrogens with zero attached hydrogens (tertiary/aromatic N) is 2. The van der Waals surface area contributed by atoms with Gasteiger partial charge in [-0.2, -0.15) is 0 Å². The second-order valence-electron chi connectivity index (χ2n) is 4.83. The lowest BCUT2D eigenvalue weighted by Gasteiger charge is -2.35. The number of hydrogen-bond donors (Lipinski definition) is 3. The van der Waals surface area contributed by atoms with Gasteiger partial charge in [0.05, 0.1) is 0 Å². The summed E-state index contributed by atoms with van der Waals surface area (Å²) in [4.78, 5) is 54.9. The van der Waals surface area contributed by atoms with Crippen LogP contribution in [0.4, 0.5) is 5.13 Å². The number of halogens is 1. The van der Waals surface area contributed by atoms with Crippen LogP contribution in [0.3, 0.4) is 0 Å². The zero-order valence-electron chi connectivity index (χ0n) is 13.6. The summed E-state index contributed by atoms with van der Waals surface area (Å²) in [6.07, 6.45) is -0.971. The van der Waals surface area contributed by atoms with Gasteiger partial charge in [-0.25, -0.2) is 4.98 Å². The molecule has 11 nitrogen and oxygen atoms in total. The molecule has 3 amide bonds. The van der Waals surface area contributed by atoms with Crippen molar-refractivity contribution in [3.05, 3.63) is 11.1 Å². The summed E-state index contributed by atoms with van der Waals surface area (Å²) in [6.45, 7) is 1.17. The molecule has 1 aromatic heterocycles. The van der Waals surface area contributed by atoms with Crippen LogP contribution in [0.15, 0.2) is 10.5 Å². The van der Waals surface area contributed by atoms with E-state index in [0.717, 1.165) is 11.3 Å². The van der Waals surface area contributed by atoms with Crippen LogP contribution < -0.4 is 16.0 Å². The number of thiazole rings is 1. The van der Waals surface area contributed by atoms with E-state index in [0.29, 0.717) is 0 Å². The third kappa shape index (κ3) is 4.67. The summed E-state index contributed by atoms with van der Waals surface area (Å²) in [5, 5.41) is 12.4. The molecule has 3 N–H and O–H groups in total. The van der Waals surface area contributed by atoms with Crippen molar-refractivity contribution in [3.8, 4) is 0 Å². The number of anilines is 1. The number of aromatic nitrogens is 1. The molecule has 0 unspecified atom stereocenters. The molecule has 2 rings (SSSR count). The molecule has 1 aromatic rings. The number of rotatable bonds is 7. The molecule has 13 heteroatoms. The molecule has 2 atom stereocenters. The summed E-state index contributed by atoms with van der Waals surface area (Å²) in [6, 6.07) is -1.07. The van der Waals surface area contributed by atoms with Crippen molar-refractivity contribution in [2.45, 2.75) is 19.2 Å². The third-order valence-electron chi connectivity index (χ3n) is 2.96. The van der Waals surface area contributed by atoms with Gasteiger partial charge in [-0.1, -0.05) is 5.16 Å². The predicted octanol–water partition coefficient (Wildman–Crippen LogP) is -0.825. The van der Waals surface area contributed by atoms with Crippen molar-refractivity contribution in [1.82, 2.24) is 15.6 Å². The number of alkyl halides is 1. The van der Waals surface area contributed by atoms with Gasteiger partial charge in [-0.15, -0.1) is 22.9 Å². The largest absolute Gasteiger partial charge is 0.439 e. The number of hydrogen-bond acceptors (Lipinski definition) is 9. The number of esters is 1. The normalized spacial score (nSPS) is 19.0. The number of nitrogens with one attached hydrogen (secondary N) is 3. The van der Waals surface area contributed by atoms with Crippen LogP contribution >= 0.6 is 22.9 Å². The SMILES string of the molecule is CO/N=C(\C(=O)N[C@@H]1C(=O)N[C@@H]1OC(C)=O)c1csc(NC(=O)CCl)n1. The summed E-state index contributed by atoms with van der Waals surface area (Å²) < 4.78 is 4.85. The van der Waals surface area contributed by atoms with Gasteiger partial charge in [-0.05, 0) is 0 Å². The highest BCUT2D eigenvalue weighted by molar-refractivity contribution is 7.14. The van der Waals surface area contributed by atoms with E-state index in [9.17, 15) is 19.2 Å². The number of carbonyl (C=O) groups excluding carboxylic acids is 4. The molecule has 1 saturated heterocycles. The van der Waals surface area contributed by atoms with Crippen LogP contribution in [0, 0.1) is 0 Å². The fourth-order valence-corrected chi connectivity index (χ4v) is 2.65. The van der Waals surface area contributed by atoms with Gasteiger partial charge in [-0.3, -0.25) is 19.2 Å². The van der Waals surface area contributed by atoms with Crippen molar-refractivity contribution in [1.29, 1.82) is 0 Å². The van der Waals surface area contributed by atoms with Crippen LogP contribution in [0.2, 0.25) is 0 Å². The first-order valence-electron chi connectivity index (χ1n) is 7.07. The first-order chi connectivity index (χ1) is 12.3. The maximum absolute atomic E-state index is 12.4. The van der Waals surface area contributed by atoms with Gasteiger partial charge in [0.1, 0.15) is 18.7 Å². The van der Waals surface area contributed by atoms with Crippen molar-refractivity contribution in [2.24, 2.45) is 5.16 Å². The average Bonchev–Trinajstić information content (AvgIpc) is 3.04. The maximum Gasteiger partial charge on any atom is 0.304 e. The third-order valence-corrected chi connectivity index (χ3v) is 3.96. The molecule has 0 spiro atoms. The molecule has 0 aromatic carbocycles. The Labute approximate surface area is 156 Å². The second-order valence-corrected chi connectivity index (χ2v) is 5.96. The Morgan fingerprint density at radius 3 is 2.77 bits per heavy atom. The molecule has 26 heavy (non-hydrogen) atoms. The molecular weight excluding hydrogens is 390 g/mol. The predicted molar refractivity (Wildman–Crippen MR) is 90.6 cm³/mol. The average molecular weight is 404 g/mol. The van der Waals surface area contributed by atoms with E-state index in [1.54, 1.807) is 0 Å². The zero-order chi connectivity index (χ0) is 19.3. The molecule has 0 aliphatic carbocycles. The Morgan fingerprint density at radius 1 is 1.46 bits per heavy atom. The highest BCUT2D eigenvalue weighted by atomic mass is 35.5. The summed E-state index contributed by atoms with van der Waals surface area (Å²) >= 11 is 6.44. The van der Waals surface area contributed by atoms with Crippen molar-refractivity contribution >= 4 is 57.5 Å². The van der Waals surface area contributed by atoms with E-state index in [2.05, 4.69) is 30.9 Å². The second kappa shape index (κ2) is 8.58. The van der Waals surface area contributed by atoms with Crippen molar-refractivity contribution in [3.63, 3.8) is 0 Å². The van der Waals surface area contributed by atoms with Gasteiger partial charge in [0.25, 0.3) is 11.8 Å². The molecular formula is C13H14ClN5O6S. The monoisotopic (exact) mass is 403 g/mol. The Balaban J connectivity index is 2.10. The minimum atomic E-state index is -1.07. The quantitative estimate of drug-likeness (QED) is 0.177. The van der Waals surface area contributed by atoms with E-state index < -0.39 is 36.0 Å².